The molecule has 13 heteroatoms. The number of sulfonamides is 1. The molecule has 0 unspecified atom stereocenters. The summed E-state index contributed by atoms with van der Waals surface area (Å²) < 4.78 is 63.5. The molecule has 0 atom stereocenters. The van der Waals surface area contributed by atoms with E-state index in [1.54, 1.807) is 30.3 Å². The fourth-order valence-electron chi connectivity index (χ4n) is 2.81. The van der Waals surface area contributed by atoms with Crippen LogP contribution >= 0.6 is 0 Å². The minimum atomic E-state index is -4.84. The number of aromatic nitrogens is 2. The maximum atomic E-state index is 13.4. The summed E-state index contributed by atoms with van der Waals surface area (Å²) in [5, 5.41) is 13.3. The van der Waals surface area contributed by atoms with Crippen molar-refractivity contribution in [2.45, 2.75) is 11.1 Å². The average molecular weight is 481 g/mol. The third-order valence-corrected chi connectivity index (χ3v) is 5.32. The van der Waals surface area contributed by atoms with Crippen LogP contribution in [0.25, 0.3) is 5.69 Å². The second-order valence-corrected chi connectivity index (χ2v) is 8.31. The quantitative estimate of drug-likeness (QED) is 0.442. The first kappa shape index (κ1) is 23.9. The van der Waals surface area contributed by atoms with Gasteiger partial charge >= 0.3 is 6.18 Å². The van der Waals surface area contributed by atoms with Crippen LogP contribution in [0.5, 0.6) is 0 Å². The summed E-state index contributed by atoms with van der Waals surface area (Å²) in [7, 11) is -3.90. The predicted octanol–water partition coefficient (Wildman–Crippen LogP) is 1.70. The van der Waals surface area contributed by atoms with Crippen molar-refractivity contribution in [3.63, 3.8) is 0 Å². The van der Waals surface area contributed by atoms with Gasteiger partial charge in [-0.2, -0.15) is 18.3 Å². The summed E-state index contributed by atoms with van der Waals surface area (Å²) in [5.41, 5.74) is -1.50. The van der Waals surface area contributed by atoms with Crippen LogP contribution in [0.1, 0.15) is 26.4 Å². The van der Waals surface area contributed by atoms with E-state index in [1.165, 1.54) is 12.1 Å². The molecule has 0 bridgehead atoms. The molecule has 3 rings (SSSR count). The highest BCUT2D eigenvalue weighted by Gasteiger charge is 2.39. The minimum Gasteiger partial charge on any atom is -0.350 e. The van der Waals surface area contributed by atoms with Crippen molar-refractivity contribution in [1.82, 2.24) is 20.4 Å². The number of nitrogens with two attached hydrogens (primary N) is 1. The number of amides is 2. The Morgan fingerprint density at radius 2 is 1.52 bits per heavy atom. The Bertz CT molecular complexity index is 1260. The molecule has 0 aliphatic rings. The van der Waals surface area contributed by atoms with E-state index in [0.29, 0.717) is 5.69 Å². The van der Waals surface area contributed by atoms with Gasteiger partial charge in [0, 0.05) is 24.8 Å². The number of primary sulfonamides is 1. The third-order valence-electron chi connectivity index (χ3n) is 4.39. The summed E-state index contributed by atoms with van der Waals surface area (Å²) in [6.45, 7) is -0.247. The fraction of sp³-hybridized carbons (Fsp3) is 0.150. The van der Waals surface area contributed by atoms with Gasteiger partial charge in [-0.1, -0.05) is 18.2 Å². The van der Waals surface area contributed by atoms with Crippen molar-refractivity contribution in [3.8, 4) is 5.69 Å². The molecule has 174 valence electrons. The van der Waals surface area contributed by atoms with Crippen LogP contribution in [-0.2, 0) is 16.2 Å². The van der Waals surface area contributed by atoms with Crippen LogP contribution in [0.3, 0.4) is 0 Å². The highest BCUT2D eigenvalue weighted by molar-refractivity contribution is 7.89. The first-order valence-electron chi connectivity index (χ1n) is 9.38. The molecule has 0 radical (unpaired) electrons. The Hall–Kier alpha value is -3.71. The lowest BCUT2D eigenvalue weighted by atomic mass is 10.2. The van der Waals surface area contributed by atoms with Crippen LogP contribution < -0.4 is 15.8 Å². The van der Waals surface area contributed by atoms with E-state index < -0.39 is 39.3 Å². The molecule has 0 fully saturated rings. The molecule has 0 aliphatic heterocycles. The normalized spacial score (nSPS) is 11.8. The number of alkyl halides is 3. The average Bonchev–Trinajstić information content (AvgIpc) is 3.23. The molecular formula is C20H18F3N5O4S. The number of hydrogen-bond donors (Lipinski definition) is 3. The van der Waals surface area contributed by atoms with E-state index >= 15 is 0 Å². The molecule has 3 aromatic rings. The van der Waals surface area contributed by atoms with Crippen molar-refractivity contribution in [2.75, 3.05) is 13.1 Å². The van der Waals surface area contributed by atoms with Gasteiger partial charge in [0.15, 0.2) is 5.69 Å². The van der Waals surface area contributed by atoms with Crippen LogP contribution in [0.2, 0.25) is 0 Å². The highest BCUT2D eigenvalue weighted by atomic mass is 32.2. The molecule has 0 saturated heterocycles. The van der Waals surface area contributed by atoms with E-state index in [1.807, 2.05) is 0 Å². The van der Waals surface area contributed by atoms with Gasteiger partial charge in [0.1, 0.15) is 0 Å². The number of nitrogens with zero attached hydrogens (tertiary/aromatic N) is 2. The number of carbonyl (C=O) groups excluding carboxylic acids is 2. The molecule has 0 aliphatic carbocycles. The minimum absolute atomic E-state index is 0.0876. The van der Waals surface area contributed by atoms with Gasteiger partial charge in [-0.25, -0.2) is 18.2 Å². The lowest BCUT2D eigenvalue weighted by Crippen LogP contribution is -2.35. The standard InChI is InChI=1S/C20H18F3N5O4S/c21-20(22,23)17-16(12-28(27-17)14-4-2-1-3-5-14)19(30)26-11-10-25-18(29)13-6-8-15(9-7-13)33(24,31)32/h1-9,12H,10-11H2,(H,25,29)(H,26,30)(H2,24,31,32). The van der Waals surface area contributed by atoms with E-state index in [2.05, 4.69) is 15.7 Å². The summed E-state index contributed by atoms with van der Waals surface area (Å²) in [4.78, 5) is 24.3. The van der Waals surface area contributed by atoms with Gasteiger partial charge in [0.05, 0.1) is 16.1 Å². The number of halogens is 3. The molecule has 2 amide bonds. The molecule has 2 aromatic carbocycles. The zero-order valence-electron chi connectivity index (χ0n) is 16.8. The predicted molar refractivity (Wildman–Crippen MR) is 111 cm³/mol. The summed E-state index contributed by atoms with van der Waals surface area (Å²) in [6.07, 6.45) is -3.86. The number of nitrogens with one attached hydrogen (secondary N) is 2. The largest absolute Gasteiger partial charge is 0.435 e. The first-order chi connectivity index (χ1) is 15.5. The number of rotatable bonds is 7. The Kier molecular flexibility index (Phi) is 6.84. The SMILES string of the molecule is NS(=O)(=O)c1ccc(C(=O)NCCNC(=O)c2cn(-c3ccccc3)nc2C(F)(F)F)cc1. The van der Waals surface area contributed by atoms with Crippen molar-refractivity contribution in [2.24, 2.45) is 5.14 Å². The summed E-state index contributed by atoms with van der Waals surface area (Å²) >= 11 is 0. The molecule has 0 spiro atoms. The van der Waals surface area contributed by atoms with Crippen molar-refractivity contribution in [3.05, 3.63) is 77.6 Å². The second kappa shape index (κ2) is 9.42. The maximum absolute atomic E-state index is 13.4. The van der Waals surface area contributed by atoms with Crippen LogP contribution in [0.4, 0.5) is 13.2 Å². The Labute approximate surface area is 186 Å². The Morgan fingerprint density at radius 1 is 0.939 bits per heavy atom. The number of para-hydroxylation sites is 1. The Morgan fingerprint density at radius 3 is 2.06 bits per heavy atom. The van der Waals surface area contributed by atoms with Crippen molar-refractivity contribution in [1.29, 1.82) is 0 Å². The smallest absolute Gasteiger partial charge is 0.350 e. The second-order valence-electron chi connectivity index (χ2n) is 6.75. The van der Waals surface area contributed by atoms with Crippen molar-refractivity contribution >= 4 is 21.8 Å². The molecule has 1 aromatic heterocycles. The fourth-order valence-corrected chi connectivity index (χ4v) is 3.32. The van der Waals surface area contributed by atoms with E-state index in [4.69, 9.17) is 5.14 Å². The monoisotopic (exact) mass is 481 g/mol. The van der Waals surface area contributed by atoms with Gasteiger partial charge in [-0.05, 0) is 36.4 Å². The lowest BCUT2D eigenvalue weighted by molar-refractivity contribution is -0.141. The topological polar surface area (TPSA) is 136 Å². The van der Waals surface area contributed by atoms with Crippen LogP contribution in [0.15, 0.2) is 65.7 Å². The number of benzene rings is 2. The molecule has 1 heterocycles. The van der Waals surface area contributed by atoms with E-state index in [0.717, 1.165) is 23.0 Å². The zero-order chi connectivity index (χ0) is 24.2. The molecular weight excluding hydrogens is 463 g/mol. The molecule has 4 N–H and O–H groups in total. The lowest BCUT2D eigenvalue weighted by Gasteiger charge is -2.08. The summed E-state index contributed by atoms with van der Waals surface area (Å²) in [5.74, 6) is -1.57. The molecule has 33 heavy (non-hydrogen) atoms. The van der Waals surface area contributed by atoms with Gasteiger partial charge in [0.25, 0.3) is 11.8 Å². The third kappa shape index (κ3) is 5.96. The maximum Gasteiger partial charge on any atom is 0.435 e. The van der Waals surface area contributed by atoms with E-state index in [-0.39, 0.29) is 23.5 Å². The van der Waals surface area contributed by atoms with Crippen LogP contribution in [-0.4, -0.2) is 43.1 Å². The van der Waals surface area contributed by atoms with Gasteiger partial charge in [-0.3, -0.25) is 9.59 Å². The summed E-state index contributed by atoms with van der Waals surface area (Å²) in [6, 6.07) is 12.8. The molecule has 0 saturated carbocycles. The van der Waals surface area contributed by atoms with Crippen molar-refractivity contribution < 1.29 is 31.2 Å². The first-order valence-corrected chi connectivity index (χ1v) is 10.9. The highest BCUT2D eigenvalue weighted by Crippen LogP contribution is 2.31. The van der Waals surface area contributed by atoms with Gasteiger partial charge in [0.2, 0.25) is 10.0 Å². The number of carbonyl (C=O) groups is 2. The van der Waals surface area contributed by atoms with Gasteiger partial charge < -0.3 is 10.6 Å². The van der Waals surface area contributed by atoms with Gasteiger partial charge in [-0.15, -0.1) is 0 Å². The number of hydrogen-bond acceptors (Lipinski definition) is 5. The Balaban J connectivity index is 1.62. The molecule has 9 nitrogen and oxygen atoms in total. The van der Waals surface area contributed by atoms with Crippen LogP contribution in [0, 0.1) is 0 Å². The van der Waals surface area contributed by atoms with E-state index in [9.17, 15) is 31.2 Å². The zero-order valence-corrected chi connectivity index (χ0v) is 17.7.